The van der Waals surface area contributed by atoms with E-state index in [1.807, 2.05) is 31.2 Å². The highest BCUT2D eigenvalue weighted by molar-refractivity contribution is 5.59. The van der Waals surface area contributed by atoms with Crippen molar-refractivity contribution in [3.63, 3.8) is 0 Å². The van der Waals surface area contributed by atoms with E-state index in [0.717, 1.165) is 42.3 Å². The first-order valence-corrected chi connectivity index (χ1v) is 9.23. The van der Waals surface area contributed by atoms with Gasteiger partial charge in [0.2, 0.25) is 5.95 Å². The Kier molecular flexibility index (Phi) is 6.01. The fourth-order valence-electron chi connectivity index (χ4n) is 2.99. The summed E-state index contributed by atoms with van der Waals surface area (Å²) in [5.41, 5.74) is 4.29. The summed E-state index contributed by atoms with van der Waals surface area (Å²) in [7, 11) is 0. The van der Waals surface area contributed by atoms with Crippen LogP contribution in [0.5, 0.6) is 0 Å². The first kappa shape index (κ1) is 18.8. The maximum atomic E-state index is 13.0. The molecule has 0 radical (unpaired) electrons. The second kappa shape index (κ2) is 8.62. The van der Waals surface area contributed by atoms with Crippen LogP contribution in [-0.4, -0.2) is 23.1 Å². The molecule has 0 fully saturated rings. The number of aromatic nitrogens is 2. The lowest BCUT2D eigenvalue weighted by Crippen LogP contribution is -2.20. The average Bonchev–Trinajstić information content (AvgIpc) is 2.64. The SMILES string of the molecule is CCN(c1cccc(C)c1)c1nc(C)cc(NCCc2ccc(F)cc2)n1. The van der Waals surface area contributed by atoms with Crippen molar-refractivity contribution in [1.82, 2.24) is 9.97 Å². The molecule has 3 rings (SSSR count). The minimum Gasteiger partial charge on any atom is -0.370 e. The number of rotatable bonds is 7. The molecule has 140 valence electrons. The van der Waals surface area contributed by atoms with Crippen LogP contribution >= 0.6 is 0 Å². The van der Waals surface area contributed by atoms with Crippen molar-refractivity contribution >= 4 is 17.5 Å². The van der Waals surface area contributed by atoms with Gasteiger partial charge in [-0.3, -0.25) is 0 Å². The van der Waals surface area contributed by atoms with Gasteiger partial charge in [0.05, 0.1) is 0 Å². The molecule has 27 heavy (non-hydrogen) atoms. The summed E-state index contributed by atoms with van der Waals surface area (Å²) in [5.74, 6) is 1.27. The largest absolute Gasteiger partial charge is 0.370 e. The Labute approximate surface area is 160 Å². The normalized spacial score (nSPS) is 10.7. The van der Waals surface area contributed by atoms with Crippen LogP contribution in [0.3, 0.4) is 0 Å². The minimum atomic E-state index is -0.210. The van der Waals surface area contributed by atoms with E-state index in [9.17, 15) is 4.39 Å². The third-order valence-electron chi connectivity index (χ3n) is 4.35. The molecule has 3 aromatic rings. The van der Waals surface area contributed by atoms with Crippen LogP contribution in [0.15, 0.2) is 54.6 Å². The molecule has 0 unspecified atom stereocenters. The van der Waals surface area contributed by atoms with Crippen LogP contribution < -0.4 is 10.2 Å². The Morgan fingerprint density at radius 1 is 1.00 bits per heavy atom. The molecule has 4 nitrogen and oxygen atoms in total. The standard InChI is InChI=1S/C22H25FN4/c1-4-27(20-7-5-6-16(2)14-20)22-25-17(3)15-21(26-22)24-13-12-18-8-10-19(23)11-9-18/h5-11,14-15H,4,12-13H2,1-3H3,(H,24,25,26). The summed E-state index contributed by atoms with van der Waals surface area (Å²) < 4.78 is 13.0. The van der Waals surface area contributed by atoms with Crippen molar-refractivity contribution < 1.29 is 4.39 Å². The summed E-state index contributed by atoms with van der Waals surface area (Å²) in [5, 5.41) is 3.36. The molecule has 0 saturated heterocycles. The summed E-state index contributed by atoms with van der Waals surface area (Å²) in [6.07, 6.45) is 0.800. The van der Waals surface area contributed by atoms with Crippen molar-refractivity contribution in [2.45, 2.75) is 27.2 Å². The Morgan fingerprint density at radius 3 is 2.48 bits per heavy atom. The number of nitrogens with one attached hydrogen (secondary N) is 1. The molecule has 5 heteroatoms. The van der Waals surface area contributed by atoms with Crippen molar-refractivity contribution in [1.29, 1.82) is 0 Å². The van der Waals surface area contributed by atoms with Crippen LogP contribution in [0.1, 0.15) is 23.7 Å². The van der Waals surface area contributed by atoms with E-state index >= 15 is 0 Å². The zero-order valence-corrected chi connectivity index (χ0v) is 16.0. The highest BCUT2D eigenvalue weighted by atomic mass is 19.1. The Balaban J connectivity index is 1.74. The van der Waals surface area contributed by atoms with Gasteiger partial charge in [-0.1, -0.05) is 24.3 Å². The number of benzene rings is 2. The van der Waals surface area contributed by atoms with Gasteiger partial charge in [0, 0.05) is 30.5 Å². The number of aryl methyl sites for hydroxylation is 2. The van der Waals surface area contributed by atoms with Crippen LogP contribution in [-0.2, 0) is 6.42 Å². The fraction of sp³-hybridized carbons (Fsp3) is 0.273. The molecule has 1 N–H and O–H groups in total. The molecule has 0 bridgehead atoms. The lowest BCUT2D eigenvalue weighted by atomic mass is 10.1. The van der Waals surface area contributed by atoms with E-state index in [1.165, 1.54) is 17.7 Å². The zero-order chi connectivity index (χ0) is 19.2. The Hall–Kier alpha value is -2.95. The van der Waals surface area contributed by atoms with Crippen LogP contribution in [0.4, 0.5) is 21.8 Å². The fourth-order valence-corrected chi connectivity index (χ4v) is 2.99. The van der Waals surface area contributed by atoms with E-state index in [4.69, 9.17) is 4.98 Å². The van der Waals surface area contributed by atoms with Gasteiger partial charge in [0.1, 0.15) is 11.6 Å². The van der Waals surface area contributed by atoms with Gasteiger partial charge >= 0.3 is 0 Å². The Morgan fingerprint density at radius 2 is 1.78 bits per heavy atom. The summed E-state index contributed by atoms with van der Waals surface area (Å²) in [6, 6.07) is 16.9. The van der Waals surface area contributed by atoms with Gasteiger partial charge in [-0.05, 0) is 62.6 Å². The van der Waals surface area contributed by atoms with Crippen LogP contribution in [0.25, 0.3) is 0 Å². The molecule has 0 atom stereocenters. The van der Waals surface area contributed by atoms with Crippen molar-refractivity contribution in [2.75, 3.05) is 23.3 Å². The van der Waals surface area contributed by atoms with Gasteiger partial charge in [-0.2, -0.15) is 4.98 Å². The highest BCUT2D eigenvalue weighted by Crippen LogP contribution is 2.24. The maximum absolute atomic E-state index is 13.0. The molecule has 1 heterocycles. The van der Waals surface area contributed by atoms with Gasteiger partial charge in [0.15, 0.2) is 0 Å². The Bertz CT molecular complexity index is 893. The van der Waals surface area contributed by atoms with Gasteiger partial charge < -0.3 is 10.2 Å². The third kappa shape index (κ3) is 5.03. The monoisotopic (exact) mass is 364 g/mol. The minimum absolute atomic E-state index is 0.210. The molecule has 0 saturated carbocycles. The quantitative estimate of drug-likeness (QED) is 0.637. The molecule has 0 amide bonds. The van der Waals surface area contributed by atoms with Crippen LogP contribution in [0, 0.1) is 19.7 Å². The first-order chi connectivity index (χ1) is 13.0. The second-order valence-corrected chi connectivity index (χ2v) is 6.58. The van der Waals surface area contributed by atoms with Gasteiger partial charge in [-0.25, -0.2) is 9.37 Å². The maximum Gasteiger partial charge on any atom is 0.232 e. The van der Waals surface area contributed by atoms with E-state index in [1.54, 1.807) is 0 Å². The van der Waals surface area contributed by atoms with Crippen molar-refractivity contribution in [2.24, 2.45) is 0 Å². The molecule has 2 aromatic carbocycles. The number of halogens is 1. The van der Waals surface area contributed by atoms with E-state index in [0.29, 0.717) is 5.95 Å². The molecular weight excluding hydrogens is 339 g/mol. The smallest absolute Gasteiger partial charge is 0.232 e. The van der Waals surface area contributed by atoms with Gasteiger partial charge in [0.25, 0.3) is 0 Å². The predicted molar refractivity (Wildman–Crippen MR) is 109 cm³/mol. The predicted octanol–water partition coefficient (Wildman–Crippen LogP) is 5.05. The average molecular weight is 364 g/mol. The summed E-state index contributed by atoms with van der Waals surface area (Å²) >= 11 is 0. The van der Waals surface area contributed by atoms with E-state index in [2.05, 4.69) is 47.2 Å². The molecule has 1 aromatic heterocycles. The third-order valence-corrected chi connectivity index (χ3v) is 4.35. The molecule has 0 aliphatic carbocycles. The number of anilines is 3. The first-order valence-electron chi connectivity index (χ1n) is 9.23. The zero-order valence-electron chi connectivity index (χ0n) is 16.0. The topological polar surface area (TPSA) is 41.1 Å². The second-order valence-electron chi connectivity index (χ2n) is 6.58. The number of nitrogens with zero attached hydrogens (tertiary/aromatic N) is 3. The van der Waals surface area contributed by atoms with Crippen molar-refractivity contribution in [3.05, 3.63) is 77.2 Å². The van der Waals surface area contributed by atoms with Crippen LogP contribution in [0.2, 0.25) is 0 Å². The van der Waals surface area contributed by atoms with E-state index < -0.39 is 0 Å². The highest BCUT2D eigenvalue weighted by Gasteiger charge is 2.12. The van der Waals surface area contributed by atoms with Gasteiger partial charge in [-0.15, -0.1) is 0 Å². The number of hydrogen-bond acceptors (Lipinski definition) is 4. The summed E-state index contributed by atoms with van der Waals surface area (Å²) in [4.78, 5) is 11.4. The van der Waals surface area contributed by atoms with Crippen molar-refractivity contribution in [3.8, 4) is 0 Å². The lowest BCUT2D eigenvalue weighted by molar-refractivity contribution is 0.627. The summed E-state index contributed by atoms with van der Waals surface area (Å²) in [6.45, 7) is 7.65. The number of hydrogen-bond donors (Lipinski definition) is 1. The molecular formula is C22H25FN4. The van der Waals surface area contributed by atoms with E-state index in [-0.39, 0.29) is 5.82 Å². The molecule has 0 aliphatic rings. The molecule has 0 aliphatic heterocycles. The lowest BCUT2D eigenvalue weighted by Gasteiger charge is -2.22. The molecule has 0 spiro atoms.